The van der Waals surface area contributed by atoms with Crippen molar-refractivity contribution in [1.29, 1.82) is 0 Å². The van der Waals surface area contributed by atoms with Crippen molar-refractivity contribution < 1.29 is 4.39 Å². The molecule has 0 unspecified atom stereocenters. The fraction of sp³-hybridized carbons (Fsp3) is 0.0500. The molecular formula is C20H16FIN4O. The second-order valence-corrected chi connectivity index (χ2v) is 6.97. The number of allylic oxidation sites excluding steroid dienone is 1. The molecule has 0 fully saturated rings. The Balaban J connectivity index is 2.21. The van der Waals surface area contributed by atoms with Gasteiger partial charge >= 0.3 is 0 Å². The van der Waals surface area contributed by atoms with Crippen molar-refractivity contribution in [2.45, 2.75) is 6.92 Å². The summed E-state index contributed by atoms with van der Waals surface area (Å²) in [4.78, 5) is 17.1. The molecule has 0 radical (unpaired) electrons. The number of aliphatic imine (C=N–C) groups is 1. The highest BCUT2D eigenvalue weighted by molar-refractivity contribution is 14.1. The number of rotatable bonds is 4. The van der Waals surface area contributed by atoms with E-state index in [1.54, 1.807) is 31.2 Å². The highest BCUT2D eigenvalue weighted by Crippen LogP contribution is 2.17. The molecule has 3 aromatic rings. The van der Waals surface area contributed by atoms with Crippen LogP contribution < -0.4 is 11.2 Å². The predicted molar refractivity (Wildman–Crippen MR) is 113 cm³/mol. The largest absolute Gasteiger partial charge is 0.405 e. The average molecular weight is 474 g/mol. The molecule has 0 saturated heterocycles. The highest BCUT2D eigenvalue weighted by atomic mass is 127. The molecule has 0 atom stereocenters. The molecule has 0 spiro atoms. The molecule has 5 nitrogen and oxygen atoms in total. The minimum Gasteiger partial charge on any atom is -0.405 e. The molecular weight excluding hydrogens is 458 g/mol. The van der Waals surface area contributed by atoms with Crippen LogP contribution in [-0.2, 0) is 0 Å². The zero-order valence-corrected chi connectivity index (χ0v) is 16.6. The van der Waals surface area contributed by atoms with Crippen molar-refractivity contribution in [2.24, 2.45) is 10.7 Å². The molecule has 0 saturated carbocycles. The lowest BCUT2D eigenvalue weighted by molar-refractivity contribution is 0.606. The van der Waals surface area contributed by atoms with Crippen LogP contribution in [0.2, 0.25) is 0 Å². The zero-order valence-electron chi connectivity index (χ0n) is 14.4. The Kier molecular flexibility index (Phi) is 5.80. The Morgan fingerprint density at radius 1 is 1.26 bits per heavy atom. The summed E-state index contributed by atoms with van der Waals surface area (Å²) in [6.45, 7) is 1.65. The number of halogens is 2. The number of aromatic nitrogens is 2. The van der Waals surface area contributed by atoms with Gasteiger partial charge in [0.05, 0.1) is 11.4 Å². The summed E-state index contributed by atoms with van der Waals surface area (Å²) < 4.78 is 16.5. The van der Waals surface area contributed by atoms with Crippen LogP contribution in [0.1, 0.15) is 11.3 Å². The van der Waals surface area contributed by atoms with Crippen molar-refractivity contribution in [3.05, 3.63) is 97.9 Å². The van der Waals surface area contributed by atoms with Gasteiger partial charge in [0, 0.05) is 15.3 Å². The van der Waals surface area contributed by atoms with Crippen molar-refractivity contribution >= 4 is 34.0 Å². The third-order valence-corrected chi connectivity index (χ3v) is 4.43. The van der Waals surface area contributed by atoms with E-state index in [2.05, 4.69) is 10.1 Å². The van der Waals surface area contributed by atoms with Gasteiger partial charge in [0.1, 0.15) is 11.5 Å². The van der Waals surface area contributed by atoms with Crippen molar-refractivity contribution in [2.75, 3.05) is 0 Å². The van der Waals surface area contributed by atoms with E-state index in [9.17, 15) is 9.18 Å². The summed E-state index contributed by atoms with van der Waals surface area (Å²) in [7, 11) is 0. The van der Waals surface area contributed by atoms with E-state index in [0.717, 1.165) is 3.57 Å². The SMILES string of the molecule is Cc1cn(-c2ccc(I)cc2F)nc(C(C=CN)=Nc2ccccc2)c1=O. The molecule has 0 aliphatic rings. The average Bonchev–Trinajstić information content (AvgIpc) is 2.64. The van der Waals surface area contributed by atoms with Crippen LogP contribution in [0.25, 0.3) is 5.69 Å². The topological polar surface area (TPSA) is 73.3 Å². The summed E-state index contributed by atoms with van der Waals surface area (Å²) in [5, 5.41) is 4.33. The summed E-state index contributed by atoms with van der Waals surface area (Å²) in [5.74, 6) is -0.431. The van der Waals surface area contributed by atoms with Crippen LogP contribution in [0.4, 0.5) is 10.1 Å². The summed E-state index contributed by atoms with van der Waals surface area (Å²) >= 11 is 2.03. The molecule has 2 aromatic carbocycles. The Morgan fingerprint density at radius 3 is 2.67 bits per heavy atom. The standard InChI is InChI=1S/C20H16FIN4O/c1-13-12-26(18-8-7-14(22)11-16(18)21)25-19(20(13)27)17(9-10-23)24-15-5-3-2-4-6-15/h2-12H,23H2,1H3. The quantitative estimate of drug-likeness (QED) is 0.461. The molecule has 0 amide bonds. The fourth-order valence-corrected chi connectivity index (χ4v) is 2.92. The minimum absolute atomic E-state index is 0.0958. The number of aryl methyl sites for hydroxylation is 1. The number of hydrogen-bond donors (Lipinski definition) is 1. The van der Waals surface area contributed by atoms with Crippen molar-refractivity contribution in [1.82, 2.24) is 9.78 Å². The number of para-hydroxylation sites is 1. The second kappa shape index (κ2) is 8.26. The van der Waals surface area contributed by atoms with Crippen LogP contribution in [0.3, 0.4) is 0 Å². The van der Waals surface area contributed by atoms with Crippen molar-refractivity contribution in [3.8, 4) is 5.69 Å². The fourth-order valence-electron chi connectivity index (χ4n) is 2.47. The molecule has 1 heterocycles. The predicted octanol–water partition coefficient (Wildman–Crippen LogP) is 3.88. The van der Waals surface area contributed by atoms with Gasteiger partial charge in [-0.05, 0) is 72.1 Å². The Hall–Kier alpha value is -2.81. The molecule has 0 aliphatic carbocycles. The van der Waals surface area contributed by atoms with Crippen LogP contribution in [0, 0.1) is 16.3 Å². The number of nitrogens with zero attached hydrogens (tertiary/aromatic N) is 3. The van der Waals surface area contributed by atoms with Crippen LogP contribution >= 0.6 is 22.6 Å². The first-order valence-corrected chi connectivity index (χ1v) is 9.16. The van der Waals surface area contributed by atoms with E-state index >= 15 is 0 Å². The number of benzene rings is 2. The van der Waals surface area contributed by atoms with Gasteiger partial charge in [-0.3, -0.25) is 4.79 Å². The molecule has 0 aliphatic heterocycles. The van der Waals surface area contributed by atoms with Crippen molar-refractivity contribution in [3.63, 3.8) is 0 Å². The maximum atomic E-state index is 14.4. The van der Waals surface area contributed by atoms with E-state index in [1.807, 2.05) is 40.8 Å². The van der Waals surface area contributed by atoms with E-state index in [4.69, 9.17) is 5.73 Å². The first kappa shape index (κ1) is 19.0. The molecule has 1 aromatic heterocycles. The molecule has 7 heteroatoms. The summed E-state index contributed by atoms with van der Waals surface area (Å²) in [6, 6.07) is 13.9. The van der Waals surface area contributed by atoms with Gasteiger partial charge in [-0.2, -0.15) is 5.10 Å². The zero-order chi connectivity index (χ0) is 19.4. The smallest absolute Gasteiger partial charge is 0.212 e. The summed E-state index contributed by atoms with van der Waals surface area (Å²) in [5.41, 5.74) is 6.97. The highest BCUT2D eigenvalue weighted by Gasteiger charge is 2.14. The molecule has 3 rings (SSSR count). The Morgan fingerprint density at radius 2 is 2.00 bits per heavy atom. The van der Waals surface area contributed by atoms with Gasteiger partial charge < -0.3 is 5.73 Å². The van der Waals surface area contributed by atoms with Gasteiger partial charge in [0.2, 0.25) is 5.43 Å². The van der Waals surface area contributed by atoms with Crippen LogP contribution in [0.15, 0.2) is 76.8 Å². The van der Waals surface area contributed by atoms with E-state index in [1.165, 1.54) is 29.2 Å². The van der Waals surface area contributed by atoms with Gasteiger partial charge in [-0.25, -0.2) is 14.1 Å². The molecule has 2 N–H and O–H groups in total. The number of hydrogen-bond acceptors (Lipinski definition) is 4. The monoisotopic (exact) mass is 474 g/mol. The molecule has 27 heavy (non-hydrogen) atoms. The normalized spacial score (nSPS) is 11.9. The third kappa shape index (κ3) is 4.30. The molecule has 136 valence electrons. The minimum atomic E-state index is -0.431. The first-order valence-electron chi connectivity index (χ1n) is 8.08. The van der Waals surface area contributed by atoms with E-state index in [-0.39, 0.29) is 16.8 Å². The Labute approximate surface area is 169 Å². The number of nitrogens with two attached hydrogens (primary N) is 1. The third-order valence-electron chi connectivity index (χ3n) is 3.76. The second-order valence-electron chi connectivity index (χ2n) is 5.72. The van der Waals surface area contributed by atoms with Gasteiger partial charge in [0.15, 0.2) is 5.69 Å². The molecule has 0 bridgehead atoms. The lowest BCUT2D eigenvalue weighted by atomic mass is 10.2. The first-order chi connectivity index (χ1) is 13.0. The maximum absolute atomic E-state index is 14.4. The van der Waals surface area contributed by atoms with Gasteiger partial charge in [-0.1, -0.05) is 18.2 Å². The Bertz CT molecular complexity index is 1090. The van der Waals surface area contributed by atoms with Crippen LogP contribution in [0.5, 0.6) is 0 Å². The van der Waals surface area contributed by atoms with E-state index in [0.29, 0.717) is 17.0 Å². The van der Waals surface area contributed by atoms with E-state index < -0.39 is 5.82 Å². The van der Waals surface area contributed by atoms with Gasteiger partial charge in [0.25, 0.3) is 0 Å². The van der Waals surface area contributed by atoms with Crippen LogP contribution in [-0.4, -0.2) is 15.5 Å². The lowest BCUT2D eigenvalue weighted by Crippen LogP contribution is -2.23. The summed E-state index contributed by atoms with van der Waals surface area (Å²) in [6.07, 6.45) is 4.30. The lowest BCUT2D eigenvalue weighted by Gasteiger charge is -2.11. The van der Waals surface area contributed by atoms with Gasteiger partial charge in [-0.15, -0.1) is 0 Å². The maximum Gasteiger partial charge on any atom is 0.212 e.